The third-order valence-electron chi connectivity index (χ3n) is 4.93. The number of carbonyl (C=O) groups is 3. The first kappa shape index (κ1) is 25.4. The van der Waals surface area contributed by atoms with Gasteiger partial charge in [0, 0.05) is 6.04 Å². The van der Waals surface area contributed by atoms with Gasteiger partial charge >= 0.3 is 24.1 Å². The Morgan fingerprint density at radius 2 is 1.73 bits per heavy atom. The first-order valence-corrected chi connectivity index (χ1v) is 9.32. The van der Waals surface area contributed by atoms with Crippen LogP contribution < -0.4 is 5.32 Å². The second-order valence-corrected chi connectivity index (χ2v) is 6.85. The molecule has 2 rings (SSSR count). The number of aliphatic carboxylic acids is 1. The fourth-order valence-electron chi connectivity index (χ4n) is 3.20. The number of halogens is 3. The van der Waals surface area contributed by atoms with E-state index in [4.69, 9.17) is 19.4 Å². The van der Waals surface area contributed by atoms with Crippen LogP contribution in [-0.2, 0) is 25.5 Å². The normalized spacial score (nSPS) is 20.7. The summed E-state index contributed by atoms with van der Waals surface area (Å²) in [5, 5.41) is 10.6. The zero-order valence-corrected chi connectivity index (χ0v) is 17.0. The average Bonchev–Trinajstić information content (AvgIpc) is 3.16. The summed E-state index contributed by atoms with van der Waals surface area (Å²) < 4.78 is 41.5. The van der Waals surface area contributed by atoms with Crippen LogP contribution in [0.4, 0.5) is 13.2 Å². The molecule has 0 radical (unpaired) electrons. The summed E-state index contributed by atoms with van der Waals surface area (Å²) in [6.07, 6.45) is -0.842. The van der Waals surface area contributed by atoms with Gasteiger partial charge in [-0.25, -0.2) is 9.59 Å². The van der Waals surface area contributed by atoms with Crippen molar-refractivity contribution in [1.29, 1.82) is 0 Å². The second-order valence-electron chi connectivity index (χ2n) is 6.85. The maximum absolute atomic E-state index is 12.3. The second kappa shape index (κ2) is 11.0. The molecule has 1 heterocycles. The Kier molecular flexibility index (Phi) is 9.28. The third kappa shape index (κ3) is 7.01. The van der Waals surface area contributed by atoms with E-state index in [2.05, 4.69) is 12.2 Å². The molecule has 1 aliphatic heterocycles. The monoisotopic (exact) mass is 433 g/mol. The molecule has 1 fully saturated rings. The predicted molar refractivity (Wildman–Crippen MR) is 101 cm³/mol. The molecule has 1 aromatic carbocycles. The molecule has 2 atom stereocenters. The third-order valence-corrected chi connectivity index (χ3v) is 4.93. The van der Waals surface area contributed by atoms with Gasteiger partial charge in [-0.2, -0.15) is 13.2 Å². The van der Waals surface area contributed by atoms with E-state index in [1.165, 1.54) is 14.2 Å². The largest absolute Gasteiger partial charge is 0.490 e. The molecule has 1 aromatic rings. The summed E-state index contributed by atoms with van der Waals surface area (Å²) in [6, 6.07) is 7.69. The number of carbonyl (C=O) groups excluding carboxylic acids is 2. The maximum atomic E-state index is 12.3. The number of ether oxygens (including phenoxy) is 2. The van der Waals surface area contributed by atoms with Gasteiger partial charge in [0.05, 0.1) is 19.8 Å². The first-order chi connectivity index (χ1) is 14.0. The first-order valence-electron chi connectivity index (χ1n) is 9.32. The minimum Gasteiger partial charge on any atom is -0.475 e. The van der Waals surface area contributed by atoms with Crippen molar-refractivity contribution in [1.82, 2.24) is 5.32 Å². The van der Waals surface area contributed by atoms with Crippen LogP contribution >= 0.6 is 0 Å². The number of alkyl halides is 3. The molecule has 0 unspecified atom stereocenters. The van der Waals surface area contributed by atoms with Crippen molar-refractivity contribution in [2.24, 2.45) is 0 Å². The number of methoxy groups -OCH3 is 2. The van der Waals surface area contributed by atoms with E-state index in [1.54, 1.807) is 12.1 Å². The molecule has 0 aromatic heterocycles. The van der Waals surface area contributed by atoms with Gasteiger partial charge < -0.3 is 14.6 Å². The summed E-state index contributed by atoms with van der Waals surface area (Å²) in [4.78, 5) is 32.6. The van der Waals surface area contributed by atoms with Crippen molar-refractivity contribution in [3.63, 3.8) is 0 Å². The highest BCUT2D eigenvalue weighted by Gasteiger charge is 2.44. The Morgan fingerprint density at radius 1 is 1.17 bits per heavy atom. The van der Waals surface area contributed by atoms with Crippen LogP contribution in [-0.4, -0.2) is 55.0 Å². The molecule has 2 N–H and O–H groups in total. The van der Waals surface area contributed by atoms with Gasteiger partial charge in [0.25, 0.3) is 0 Å². The van der Waals surface area contributed by atoms with Crippen molar-refractivity contribution >= 4 is 17.9 Å². The van der Waals surface area contributed by atoms with Crippen LogP contribution in [0.2, 0.25) is 0 Å². The molecule has 30 heavy (non-hydrogen) atoms. The SMILES string of the molecule is CC[C@H]1CC[C@](CCc2ccc(C(=O)OC)cc2)(C(=O)OC)N1.O=C(O)C(F)(F)F. The molecule has 0 aliphatic carbocycles. The number of carboxylic acids is 1. The zero-order valence-electron chi connectivity index (χ0n) is 17.0. The lowest BCUT2D eigenvalue weighted by Crippen LogP contribution is -2.50. The van der Waals surface area contributed by atoms with Crippen LogP contribution in [0, 0.1) is 0 Å². The van der Waals surface area contributed by atoms with Crippen molar-refractivity contribution in [2.75, 3.05) is 14.2 Å². The van der Waals surface area contributed by atoms with Crippen molar-refractivity contribution < 1.29 is 42.1 Å². The number of aryl methyl sites for hydroxylation is 1. The van der Waals surface area contributed by atoms with Crippen molar-refractivity contribution in [3.05, 3.63) is 35.4 Å². The Balaban J connectivity index is 0.000000553. The fraction of sp³-hybridized carbons (Fsp3) is 0.550. The lowest BCUT2D eigenvalue weighted by atomic mass is 9.89. The highest BCUT2D eigenvalue weighted by atomic mass is 19.4. The molecule has 1 saturated heterocycles. The summed E-state index contributed by atoms with van der Waals surface area (Å²) >= 11 is 0. The van der Waals surface area contributed by atoms with E-state index < -0.39 is 17.7 Å². The van der Waals surface area contributed by atoms with Crippen molar-refractivity contribution in [2.45, 2.75) is 56.8 Å². The van der Waals surface area contributed by atoms with E-state index >= 15 is 0 Å². The van der Waals surface area contributed by atoms with Crippen molar-refractivity contribution in [3.8, 4) is 0 Å². The zero-order chi connectivity index (χ0) is 22.9. The van der Waals surface area contributed by atoms with Crippen LogP contribution in [0.1, 0.15) is 48.5 Å². The van der Waals surface area contributed by atoms with Gasteiger partial charge in [0.1, 0.15) is 5.54 Å². The molecule has 168 valence electrons. The Labute approximate surface area is 172 Å². The molecule has 0 spiro atoms. The smallest absolute Gasteiger partial charge is 0.475 e. The van der Waals surface area contributed by atoms with Gasteiger partial charge in [0.15, 0.2) is 0 Å². The molecule has 0 amide bonds. The number of rotatable bonds is 6. The number of benzene rings is 1. The number of esters is 2. The number of hydrogen-bond acceptors (Lipinski definition) is 6. The molecule has 7 nitrogen and oxygen atoms in total. The maximum Gasteiger partial charge on any atom is 0.490 e. The van der Waals surface area contributed by atoms with E-state index in [0.29, 0.717) is 18.0 Å². The summed E-state index contributed by atoms with van der Waals surface area (Å²) in [5.41, 5.74) is 1.03. The molecule has 0 bridgehead atoms. The Morgan fingerprint density at radius 3 is 2.13 bits per heavy atom. The summed E-state index contributed by atoms with van der Waals surface area (Å²) in [5.74, 6) is -3.28. The molecule has 1 aliphatic rings. The minimum absolute atomic E-state index is 0.181. The average molecular weight is 433 g/mol. The van der Waals surface area contributed by atoms with Gasteiger partial charge in [0.2, 0.25) is 0 Å². The van der Waals surface area contributed by atoms with Crippen LogP contribution in [0.5, 0.6) is 0 Å². The highest BCUT2D eigenvalue weighted by Crippen LogP contribution is 2.30. The summed E-state index contributed by atoms with van der Waals surface area (Å²) in [7, 11) is 2.81. The summed E-state index contributed by atoms with van der Waals surface area (Å²) in [6.45, 7) is 2.12. The molecular weight excluding hydrogens is 407 g/mol. The predicted octanol–water partition coefficient (Wildman–Crippen LogP) is 3.11. The van der Waals surface area contributed by atoms with Crippen LogP contribution in [0.3, 0.4) is 0 Å². The number of hydrogen-bond donors (Lipinski definition) is 2. The van der Waals surface area contributed by atoms with Gasteiger partial charge in [-0.05, 0) is 49.8 Å². The molecule has 10 heteroatoms. The standard InChI is InChI=1S/C18H25NO4.C2HF3O2/c1-4-15-10-12-18(19-15,17(21)23-3)11-9-13-5-7-14(8-6-13)16(20)22-2;3-2(4,5)1(6)7/h5-8,15,19H,4,9-12H2,1-3H3;(H,6,7)/t15-,18+;/m0./s1. The van der Waals surface area contributed by atoms with Gasteiger partial charge in [-0.15, -0.1) is 0 Å². The Hall–Kier alpha value is -2.62. The topological polar surface area (TPSA) is 102 Å². The molecule has 0 saturated carbocycles. The number of nitrogens with one attached hydrogen (secondary N) is 1. The van der Waals surface area contributed by atoms with Gasteiger partial charge in [-0.3, -0.25) is 10.1 Å². The molecular formula is C20H26F3NO6. The van der Waals surface area contributed by atoms with E-state index in [1.807, 2.05) is 12.1 Å². The van der Waals surface area contributed by atoms with Crippen LogP contribution in [0.25, 0.3) is 0 Å². The number of carboxylic acid groups (broad SMARTS) is 1. The quantitative estimate of drug-likeness (QED) is 0.665. The van der Waals surface area contributed by atoms with E-state index in [9.17, 15) is 22.8 Å². The fourth-order valence-corrected chi connectivity index (χ4v) is 3.20. The highest BCUT2D eigenvalue weighted by molar-refractivity contribution is 5.89. The lowest BCUT2D eigenvalue weighted by Gasteiger charge is -2.27. The van der Waals surface area contributed by atoms with Gasteiger partial charge in [-0.1, -0.05) is 19.1 Å². The van der Waals surface area contributed by atoms with Crippen LogP contribution in [0.15, 0.2) is 24.3 Å². The van der Waals surface area contributed by atoms with E-state index in [0.717, 1.165) is 31.2 Å². The minimum atomic E-state index is -5.08. The van der Waals surface area contributed by atoms with E-state index in [-0.39, 0.29) is 11.9 Å². The Bertz CT molecular complexity index is 735. The lowest BCUT2D eigenvalue weighted by molar-refractivity contribution is -0.192.